The molecule has 0 unspecified atom stereocenters. The Labute approximate surface area is 193 Å². The number of rotatable bonds is 2. The van der Waals surface area contributed by atoms with Crippen LogP contribution in [0, 0.1) is 4.64 Å². The summed E-state index contributed by atoms with van der Waals surface area (Å²) in [5, 5.41) is 12.3. The van der Waals surface area contributed by atoms with Crippen molar-refractivity contribution in [1.29, 1.82) is 0 Å². The van der Waals surface area contributed by atoms with Gasteiger partial charge in [-0.05, 0) is 42.5 Å². The van der Waals surface area contributed by atoms with E-state index < -0.39 is 29.0 Å². The van der Waals surface area contributed by atoms with Crippen LogP contribution in [0.1, 0.15) is 11.1 Å². The standard InChI is InChI=1S/C11H7F3N2O.C11H7F3N2S/c2*12-11(13,14)8-3-1-2-7(6-8)9-4-5-10(17)16-15-9/h2*1-6H,(H,16,17). The molecule has 5 nitrogen and oxygen atoms in total. The molecule has 34 heavy (non-hydrogen) atoms. The van der Waals surface area contributed by atoms with Crippen LogP contribution in [0.2, 0.25) is 0 Å². The zero-order valence-corrected chi connectivity index (χ0v) is 17.7. The van der Waals surface area contributed by atoms with E-state index in [1.807, 2.05) is 0 Å². The number of halogens is 6. The summed E-state index contributed by atoms with van der Waals surface area (Å²) in [6.07, 6.45) is -8.74. The molecule has 2 aromatic carbocycles. The van der Waals surface area contributed by atoms with E-state index in [0.717, 1.165) is 24.3 Å². The van der Waals surface area contributed by atoms with Crippen LogP contribution in [0.4, 0.5) is 26.3 Å². The first-order valence-corrected chi connectivity index (χ1v) is 9.81. The van der Waals surface area contributed by atoms with Gasteiger partial charge in [0.25, 0.3) is 5.56 Å². The van der Waals surface area contributed by atoms with E-state index in [2.05, 4.69) is 20.4 Å². The maximum absolute atomic E-state index is 12.5. The number of aromatic amines is 2. The summed E-state index contributed by atoms with van der Waals surface area (Å²) >= 11 is 4.81. The van der Waals surface area contributed by atoms with Crippen molar-refractivity contribution >= 4 is 12.2 Å². The van der Waals surface area contributed by atoms with Gasteiger partial charge in [-0.1, -0.05) is 36.5 Å². The van der Waals surface area contributed by atoms with E-state index in [4.69, 9.17) is 12.2 Å². The predicted octanol–water partition coefficient (Wildman–Crippen LogP) is 6.28. The Morgan fingerprint density at radius 2 is 1.12 bits per heavy atom. The molecule has 0 bridgehead atoms. The summed E-state index contributed by atoms with van der Waals surface area (Å²) in [6, 6.07) is 15.5. The molecule has 0 radical (unpaired) electrons. The fourth-order valence-electron chi connectivity index (χ4n) is 2.72. The maximum Gasteiger partial charge on any atom is 0.416 e. The van der Waals surface area contributed by atoms with Gasteiger partial charge in [0.1, 0.15) is 4.64 Å². The zero-order valence-electron chi connectivity index (χ0n) is 16.9. The molecule has 2 heterocycles. The summed E-state index contributed by atoms with van der Waals surface area (Å²) < 4.78 is 75.3. The number of aromatic nitrogens is 4. The lowest BCUT2D eigenvalue weighted by atomic mass is 10.1. The number of H-pyrrole nitrogens is 2. The Bertz CT molecular complexity index is 1250. The van der Waals surface area contributed by atoms with Crippen LogP contribution >= 0.6 is 12.2 Å². The van der Waals surface area contributed by atoms with Crippen LogP contribution in [0.5, 0.6) is 0 Å². The van der Waals surface area contributed by atoms with Crippen molar-refractivity contribution in [2.75, 3.05) is 0 Å². The fourth-order valence-corrected chi connectivity index (χ4v) is 2.83. The largest absolute Gasteiger partial charge is 0.416 e. The molecule has 12 heteroatoms. The molecule has 2 aromatic heterocycles. The molecule has 2 N–H and O–H groups in total. The third kappa shape index (κ3) is 6.61. The topological polar surface area (TPSA) is 74.4 Å². The van der Waals surface area contributed by atoms with Gasteiger partial charge in [-0.2, -0.15) is 36.5 Å². The van der Waals surface area contributed by atoms with Crippen molar-refractivity contribution in [3.8, 4) is 22.5 Å². The Balaban J connectivity index is 0.000000191. The minimum atomic E-state index is -4.39. The molecule has 0 fully saturated rings. The smallest absolute Gasteiger partial charge is 0.268 e. The van der Waals surface area contributed by atoms with Crippen molar-refractivity contribution in [3.05, 3.63) is 98.9 Å². The molecule has 0 aliphatic rings. The van der Waals surface area contributed by atoms with Crippen molar-refractivity contribution in [2.45, 2.75) is 12.4 Å². The maximum atomic E-state index is 12.5. The SMILES string of the molecule is FC(F)(F)c1cccc(-c2ccc(=S)[nH]n2)c1.O=c1ccc(-c2cccc(C(F)(F)F)c2)n[nH]1. The summed E-state index contributed by atoms with van der Waals surface area (Å²) in [7, 11) is 0. The molecule has 176 valence electrons. The van der Waals surface area contributed by atoms with E-state index in [1.165, 1.54) is 30.3 Å². The molecule has 0 spiro atoms. The quantitative estimate of drug-likeness (QED) is 0.253. The summed E-state index contributed by atoms with van der Waals surface area (Å²) in [5.41, 5.74) is -0.439. The van der Waals surface area contributed by atoms with Gasteiger partial charge in [0, 0.05) is 17.2 Å². The summed E-state index contributed by atoms with van der Waals surface area (Å²) in [6.45, 7) is 0. The second kappa shape index (κ2) is 10.00. The van der Waals surface area contributed by atoms with Gasteiger partial charge in [0.2, 0.25) is 0 Å². The number of nitrogens with zero attached hydrogens (tertiary/aromatic N) is 2. The molecule has 0 saturated heterocycles. The molecular formula is C22H14F6N4OS. The third-order valence-corrected chi connectivity index (χ3v) is 4.56. The third-order valence-electron chi connectivity index (χ3n) is 4.33. The van der Waals surface area contributed by atoms with E-state index in [-0.39, 0.29) is 5.69 Å². The van der Waals surface area contributed by atoms with E-state index >= 15 is 0 Å². The average molecular weight is 496 g/mol. The highest BCUT2D eigenvalue weighted by Crippen LogP contribution is 2.32. The van der Waals surface area contributed by atoms with Crippen LogP contribution in [0.25, 0.3) is 22.5 Å². The lowest BCUT2D eigenvalue weighted by Crippen LogP contribution is -2.07. The normalized spacial score (nSPS) is 11.5. The first kappa shape index (κ1) is 24.8. The van der Waals surface area contributed by atoms with Crippen LogP contribution in [-0.2, 0) is 12.4 Å². The minimum absolute atomic E-state index is 0.288. The Morgan fingerprint density at radius 3 is 1.50 bits per heavy atom. The molecule has 0 saturated carbocycles. The van der Waals surface area contributed by atoms with Gasteiger partial charge in [0.05, 0.1) is 22.5 Å². The Hall–Kier alpha value is -3.80. The Kier molecular flexibility index (Phi) is 7.30. The van der Waals surface area contributed by atoms with E-state index in [9.17, 15) is 31.1 Å². The van der Waals surface area contributed by atoms with Crippen LogP contribution in [0.3, 0.4) is 0 Å². The van der Waals surface area contributed by atoms with Crippen LogP contribution in [-0.4, -0.2) is 20.4 Å². The van der Waals surface area contributed by atoms with E-state index in [0.29, 0.717) is 21.5 Å². The second-order valence-corrected chi connectivity index (χ2v) is 7.21. The minimum Gasteiger partial charge on any atom is -0.268 e. The monoisotopic (exact) mass is 496 g/mol. The van der Waals surface area contributed by atoms with Crippen molar-refractivity contribution < 1.29 is 26.3 Å². The first-order valence-electron chi connectivity index (χ1n) is 9.40. The molecule has 0 aliphatic carbocycles. The van der Waals surface area contributed by atoms with Gasteiger partial charge in [-0.15, -0.1) is 0 Å². The summed E-state index contributed by atoms with van der Waals surface area (Å²) in [5.74, 6) is 0. The molecule has 0 amide bonds. The first-order chi connectivity index (χ1) is 15.9. The Morgan fingerprint density at radius 1 is 0.647 bits per heavy atom. The second-order valence-electron chi connectivity index (χ2n) is 6.77. The molecule has 4 aromatic rings. The van der Waals surface area contributed by atoms with Crippen molar-refractivity contribution in [1.82, 2.24) is 20.4 Å². The lowest BCUT2D eigenvalue weighted by molar-refractivity contribution is -0.138. The molecular weight excluding hydrogens is 482 g/mol. The number of nitrogens with one attached hydrogen (secondary N) is 2. The summed E-state index contributed by atoms with van der Waals surface area (Å²) in [4.78, 5) is 10.8. The zero-order chi connectivity index (χ0) is 24.9. The fraction of sp³-hybridized carbons (Fsp3) is 0.0909. The van der Waals surface area contributed by atoms with Gasteiger partial charge in [-0.25, -0.2) is 5.10 Å². The number of hydrogen-bond acceptors (Lipinski definition) is 4. The van der Waals surface area contributed by atoms with E-state index in [1.54, 1.807) is 18.2 Å². The number of benzene rings is 2. The average Bonchev–Trinajstić information content (AvgIpc) is 2.80. The molecule has 4 rings (SSSR count). The molecule has 0 atom stereocenters. The predicted molar refractivity (Wildman–Crippen MR) is 115 cm³/mol. The van der Waals surface area contributed by atoms with Crippen molar-refractivity contribution in [2.24, 2.45) is 0 Å². The highest BCUT2D eigenvalue weighted by atomic mass is 32.1. The highest BCUT2D eigenvalue weighted by molar-refractivity contribution is 7.71. The lowest BCUT2D eigenvalue weighted by Gasteiger charge is -2.08. The highest BCUT2D eigenvalue weighted by Gasteiger charge is 2.31. The van der Waals surface area contributed by atoms with Crippen LogP contribution < -0.4 is 5.56 Å². The van der Waals surface area contributed by atoms with Crippen LogP contribution in [0.15, 0.2) is 77.6 Å². The molecule has 0 aliphatic heterocycles. The van der Waals surface area contributed by atoms with Gasteiger partial charge in [0.15, 0.2) is 0 Å². The van der Waals surface area contributed by atoms with Gasteiger partial charge < -0.3 is 0 Å². The van der Waals surface area contributed by atoms with Gasteiger partial charge >= 0.3 is 12.4 Å². The van der Waals surface area contributed by atoms with Crippen molar-refractivity contribution in [3.63, 3.8) is 0 Å². The number of hydrogen-bond donors (Lipinski definition) is 2. The number of alkyl halides is 6. The van der Waals surface area contributed by atoms with Gasteiger partial charge in [-0.3, -0.25) is 9.89 Å².